The second-order valence-corrected chi connectivity index (χ2v) is 8.20. The Morgan fingerprint density at radius 2 is 1.88 bits per heavy atom. The van der Waals surface area contributed by atoms with E-state index in [1.807, 2.05) is 0 Å². The van der Waals surface area contributed by atoms with Gasteiger partial charge in [0, 0.05) is 11.5 Å². The van der Waals surface area contributed by atoms with Crippen LogP contribution in [0.1, 0.15) is 47.1 Å². The van der Waals surface area contributed by atoms with Crippen LogP contribution < -0.4 is 5.32 Å². The third-order valence-electron chi connectivity index (χ3n) is 5.38. The van der Waals surface area contributed by atoms with E-state index in [2.05, 4.69) is 15.5 Å². The monoisotopic (exact) mass is 469 g/mol. The van der Waals surface area contributed by atoms with E-state index in [4.69, 9.17) is 11.6 Å². The Labute approximate surface area is 186 Å². The molecule has 32 heavy (non-hydrogen) atoms. The number of anilines is 1. The summed E-state index contributed by atoms with van der Waals surface area (Å²) in [4.78, 5) is 12.7. The summed E-state index contributed by atoms with van der Waals surface area (Å²) in [7, 11) is 0. The Bertz CT molecular complexity index is 1180. The van der Waals surface area contributed by atoms with Crippen molar-refractivity contribution in [3.63, 3.8) is 0 Å². The molecule has 4 rings (SSSR count). The number of carbonyl (C=O) groups is 1. The van der Waals surface area contributed by atoms with Gasteiger partial charge in [-0.1, -0.05) is 29.8 Å². The summed E-state index contributed by atoms with van der Waals surface area (Å²) in [6.45, 7) is 3.16. The van der Waals surface area contributed by atoms with Gasteiger partial charge in [-0.05, 0) is 32.8 Å². The first-order valence-electron chi connectivity index (χ1n) is 9.97. The van der Waals surface area contributed by atoms with Gasteiger partial charge in [0.05, 0.1) is 34.3 Å². The van der Waals surface area contributed by atoms with E-state index in [0.717, 1.165) is 4.68 Å². The van der Waals surface area contributed by atoms with E-state index >= 15 is 0 Å². The third-order valence-corrected chi connectivity index (χ3v) is 5.75. The van der Waals surface area contributed by atoms with Crippen molar-refractivity contribution in [3.05, 3.63) is 63.4 Å². The molecule has 0 bridgehead atoms. The number of hydrogen-bond acceptors (Lipinski definition) is 3. The van der Waals surface area contributed by atoms with Crippen LogP contribution in [0.2, 0.25) is 5.02 Å². The number of rotatable bonds is 6. The molecule has 1 aliphatic carbocycles. The molecule has 1 fully saturated rings. The van der Waals surface area contributed by atoms with E-state index in [0.29, 0.717) is 35.5 Å². The molecule has 0 radical (unpaired) electrons. The normalized spacial score (nSPS) is 14.1. The summed E-state index contributed by atoms with van der Waals surface area (Å²) in [6, 6.07) is 6.30. The lowest BCUT2D eigenvalue weighted by molar-refractivity contribution is -0.141. The summed E-state index contributed by atoms with van der Waals surface area (Å²) in [5, 5.41) is 10.2. The summed E-state index contributed by atoms with van der Waals surface area (Å²) >= 11 is 5.96. The first kappa shape index (κ1) is 22.3. The van der Waals surface area contributed by atoms with Crippen LogP contribution in [0.25, 0.3) is 0 Å². The van der Waals surface area contributed by atoms with Crippen LogP contribution in [0, 0.1) is 19.7 Å². The lowest BCUT2D eigenvalue weighted by Gasteiger charge is -2.09. The molecule has 0 atom stereocenters. The minimum Gasteiger partial charge on any atom is -0.321 e. The van der Waals surface area contributed by atoms with E-state index in [1.165, 1.54) is 6.07 Å². The number of amides is 1. The van der Waals surface area contributed by atoms with Crippen molar-refractivity contribution in [2.24, 2.45) is 0 Å². The lowest BCUT2D eigenvalue weighted by Crippen LogP contribution is -2.22. The highest BCUT2D eigenvalue weighted by Crippen LogP contribution is 2.46. The van der Waals surface area contributed by atoms with Crippen LogP contribution in [0.15, 0.2) is 24.3 Å². The molecule has 170 valence electrons. The van der Waals surface area contributed by atoms with Crippen LogP contribution >= 0.6 is 11.6 Å². The van der Waals surface area contributed by atoms with Crippen LogP contribution in [0.3, 0.4) is 0 Å². The molecular formula is C21H20ClF4N5O. The molecule has 1 amide bonds. The predicted molar refractivity (Wildman–Crippen MR) is 110 cm³/mol. The number of hydrogen-bond donors (Lipinski definition) is 1. The number of aromatic nitrogens is 4. The van der Waals surface area contributed by atoms with E-state index < -0.39 is 29.3 Å². The average molecular weight is 470 g/mol. The number of alkyl halides is 3. The molecule has 1 aromatic carbocycles. The second-order valence-electron chi connectivity index (χ2n) is 7.82. The van der Waals surface area contributed by atoms with Crippen molar-refractivity contribution >= 4 is 23.2 Å². The third kappa shape index (κ3) is 4.36. The van der Waals surface area contributed by atoms with Gasteiger partial charge in [0.25, 0.3) is 0 Å². The van der Waals surface area contributed by atoms with Crippen molar-refractivity contribution < 1.29 is 22.4 Å². The van der Waals surface area contributed by atoms with Crippen LogP contribution in [-0.2, 0) is 24.1 Å². The maximum absolute atomic E-state index is 14.0. The topological polar surface area (TPSA) is 64.7 Å². The fraction of sp³-hybridized carbons (Fsp3) is 0.381. The molecule has 11 heteroatoms. The summed E-state index contributed by atoms with van der Waals surface area (Å²) in [5.74, 6) is -1.06. The molecule has 0 aliphatic heterocycles. The number of nitrogens with zero attached hydrogens (tertiary/aromatic N) is 4. The molecule has 2 heterocycles. The van der Waals surface area contributed by atoms with E-state index in [-0.39, 0.29) is 24.0 Å². The van der Waals surface area contributed by atoms with Crippen molar-refractivity contribution in [3.8, 4) is 0 Å². The zero-order valence-electron chi connectivity index (χ0n) is 17.3. The highest BCUT2D eigenvalue weighted by atomic mass is 35.5. The molecule has 1 N–H and O–H groups in total. The van der Waals surface area contributed by atoms with Crippen LogP contribution in [-0.4, -0.2) is 25.5 Å². The van der Waals surface area contributed by atoms with Gasteiger partial charge in [0.2, 0.25) is 5.91 Å². The quantitative estimate of drug-likeness (QED) is 0.512. The Morgan fingerprint density at radius 1 is 1.19 bits per heavy atom. The Morgan fingerprint density at radius 3 is 2.50 bits per heavy atom. The molecule has 3 aromatic rings. The van der Waals surface area contributed by atoms with Gasteiger partial charge < -0.3 is 5.32 Å². The predicted octanol–water partition coefficient (Wildman–Crippen LogP) is 5.07. The SMILES string of the molecule is Cc1nn(Cc2ccccc2F)c(C)c1NC(=O)Cn1nc(C(F)(F)F)c(Cl)c1C1CC1. The standard InChI is InChI=1S/C21H20ClF4N5O/c1-11-18(12(2)30(28-11)9-14-5-3-4-6-15(14)23)27-16(32)10-31-19(13-7-8-13)17(22)20(29-31)21(24,25)26/h3-6,13H,7-10H2,1-2H3,(H,27,32). The van der Waals surface area contributed by atoms with E-state index in [9.17, 15) is 22.4 Å². The second kappa shape index (κ2) is 8.23. The fourth-order valence-electron chi connectivity index (χ4n) is 3.64. The molecule has 1 saturated carbocycles. The minimum atomic E-state index is -4.70. The number of carbonyl (C=O) groups excluding carboxylic acids is 1. The molecule has 0 unspecified atom stereocenters. The van der Waals surface area contributed by atoms with Gasteiger partial charge in [0.1, 0.15) is 12.4 Å². The lowest BCUT2D eigenvalue weighted by atomic mass is 10.2. The van der Waals surface area contributed by atoms with Gasteiger partial charge in [-0.2, -0.15) is 23.4 Å². The molecule has 0 spiro atoms. The van der Waals surface area contributed by atoms with Crippen LogP contribution in [0.4, 0.5) is 23.2 Å². The summed E-state index contributed by atoms with van der Waals surface area (Å²) < 4.78 is 56.3. The fourth-order valence-corrected chi connectivity index (χ4v) is 4.03. The van der Waals surface area contributed by atoms with E-state index in [1.54, 1.807) is 36.7 Å². The van der Waals surface area contributed by atoms with Crippen molar-refractivity contribution in [2.75, 3.05) is 5.32 Å². The van der Waals surface area contributed by atoms with Gasteiger partial charge in [-0.3, -0.25) is 14.2 Å². The summed E-state index contributed by atoms with van der Waals surface area (Å²) in [6.07, 6.45) is -3.31. The average Bonchev–Trinajstić information content (AvgIpc) is 3.44. The minimum absolute atomic E-state index is 0.133. The van der Waals surface area contributed by atoms with Gasteiger partial charge in [-0.25, -0.2) is 4.39 Å². The largest absolute Gasteiger partial charge is 0.436 e. The maximum atomic E-state index is 14.0. The smallest absolute Gasteiger partial charge is 0.321 e. The van der Waals surface area contributed by atoms with Gasteiger partial charge >= 0.3 is 6.18 Å². The molecule has 0 saturated heterocycles. The zero-order valence-corrected chi connectivity index (χ0v) is 18.1. The number of halogens is 5. The first-order valence-corrected chi connectivity index (χ1v) is 10.3. The van der Waals surface area contributed by atoms with Gasteiger partial charge in [0.15, 0.2) is 5.69 Å². The maximum Gasteiger partial charge on any atom is 0.436 e. The first-order chi connectivity index (χ1) is 15.1. The van der Waals surface area contributed by atoms with Crippen LogP contribution in [0.5, 0.6) is 0 Å². The summed E-state index contributed by atoms with van der Waals surface area (Å²) in [5.41, 5.74) is 1.02. The van der Waals surface area contributed by atoms with Crippen molar-refractivity contribution in [1.82, 2.24) is 19.6 Å². The Kier molecular flexibility index (Phi) is 5.74. The molecule has 6 nitrogen and oxygen atoms in total. The number of nitrogens with one attached hydrogen (secondary N) is 1. The molecular weight excluding hydrogens is 450 g/mol. The highest BCUT2D eigenvalue weighted by molar-refractivity contribution is 6.32. The Balaban J connectivity index is 1.54. The Hall–Kier alpha value is -2.88. The molecule has 1 aliphatic rings. The number of aryl methyl sites for hydroxylation is 1. The number of benzene rings is 1. The van der Waals surface area contributed by atoms with Gasteiger partial charge in [-0.15, -0.1) is 0 Å². The zero-order chi connectivity index (χ0) is 23.2. The van der Waals surface area contributed by atoms with Crippen molar-refractivity contribution in [2.45, 2.75) is 51.9 Å². The van der Waals surface area contributed by atoms with Crippen molar-refractivity contribution in [1.29, 1.82) is 0 Å². The highest BCUT2D eigenvalue weighted by Gasteiger charge is 2.42. The molecule has 2 aromatic heterocycles.